The fourth-order valence-corrected chi connectivity index (χ4v) is 5.72. The lowest BCUT2D eigenvalue weighted by Crippen LogP contribution is -2.46. The molecular formula is C20H23NO2. The normalized spacial score (nSPS) is 34.1. The maximum absolute atomic E-state index is 12.1. The van der Waals surface area contributed by atoms with Crippen molar-refractivity contribution in [3.63, 3.8) is 0 Å². The van der Waals surface area contributed by atoms with Crippen LogP contribution in [0.3, 0.4) is 0 Å². The summed E-state index contributed by atoms with van der Waals surface area (Å²) in [4.78, 5) is 12.1. The van der Waals surface area contributed by atoms with E-state index in [1.165, 1.54) is 38.5 Å². The van der Waals surface area contributed by atoms with Crippen LogP contribution in [0.5, 0.6) is 0 Å². The third-order valence-corrected chi connectivity index (χ3v) is 6.28. The van der Waals surface area contributed by atoms with E-state index in [0.29, 0.717) is 23.1 Å². The molecule has 4 bridgehead atoms. The van der Waals surface area contributed by atoms with E-state index in [9.17, 15) is 4.79 Å². The van der Waals surface area contributed by atoms with Crippen LogP contribution in [0, 0.1) is 34.5 Å². The maximum Gasteiger partial charge on any atom is 0.338 e. The maximum atomic E-state index is 12.1. The lowest BCUT2D eigenvalue weighted by atomic mass is 9.49. The molecule has 3 nitrogen and oxygen atoms in total. The molecule has 1 aromatic rings. The Morgan fingerprint density at radius 3 is 2.17 bits per heavy atom. The zero-order valence-corrected chi connectivity index (χ0v) is 13.5. The summed E-state index contributed by atoms with van der Waals surface area (Å²) in [6.07, 6.45) is 9.44. The van der Waals surface area contributed by atoms with Crippen molar-refractivity contribution in [2.45, 2.75) is 44.9 Å². The average molecular weight is 309 g/mol. The van der Waals surface area contributed by atoms with Crippen LogP contribution in [0.1, 0.15) is 60.9 Å². The molecular weight excluding hydrogens is 286 g/mol. The van der Waals surface area contributed by atoms with Gasteiger partial charge in [0.05, 0.1) is 23.8 Å². The number of nitrogens with zero attached hydrogens (tertiary/aromatic N) is 1. The van der Waals surface area contributed by atoms with Crippen molar-refractivity contribution in [1.82, 2.24) is 0 Å². The molecule has 0 aliphatic heterocycles. The molecule has 1 aromatic carbocycles. The van der Waals surface area contributed by atoms with Gasteiger partial charge in [-0.3, -0.25) is 0 Å². The van der Waals surface area contributed by atoms with Crippen LogP contribution in [-0.4, -0.2) is 12.6 Å². The van der Waals surface area contributed by atoms with Gasteiger partial charge in [-0.1, -0.05) is 0 Å². The van der Waals surface area contributed by atoms with Gasteiger partial charge in [-0.25, -0.2) is 4.79 Å². The summed E-state index contributed by atoms with van der Waals surface area (Å²) < 4.78 is 5.52. The van der Waals surface area contributed by atoms with Crippen molar-refractivity contribution in [2.75, 3.05) is 6.61 Å². The highest BCUT2D eigenvalue weighted by Crippen LogP contribution is 2.61. The number of benzene rings is 1. The molecule has 0 spiro atoms. The van der Waals surface area contributed by atoms with E-state index in [-0.39, 0.29) is 5.97 Å². The van der Waals surface area contributed by atoms with Gasteiger partial charge in [-0.05, 0) is 92.4 Å². The Labute approximate surface area is 137 Å². The highest BCUT2D eigenvalue weighted by atomic mass is 16.5. The Kier molecular flexibility index (Phi) is 3.64. The first-order valence-corrected chi connectivity index (χ1v) is 8.83. The van der Waals surface area contributed by atoms with Crippen LogP contribution in [0.2, 0.25) is 0 Å². The number of ether oxygens (including phenoxy) is 1. The van der Waals surface area contributed by atoms with Crippen LogP contribution in [0.4, 0.5) is 0 Å². The van der Waals surface area contributed by atoms with Crippen LogP contribution < -0.4 is 0 Å². The van der Waals surface area contributed by atoms with Crippen molar-refractivity contribution < 1.29 is 9.53 Å². The van der Waals surface area contributed by atoms with Crippen molar-refractivity contribution in [3.8, 4) is 6.07 Å². The second-order valence-corrected chi connectivity index (χ2v) is 7.99. The first-order chi connectivity index (χ1) is 11.2. The number of hydrogen-bond acceptors (Lipinski definition) is 3. The summed E-state index contributed by atoms with van der Waals surface area (Å²) in [5.74, 6) is 2.56. The number of carbonyl (C=O) groups excluding carboxylic acids is 1. The van der Waals surface area contributed by atoms with Gasteiger partial charge in [0.2, 0.25) is 0 Å². The molecule has 3 heteroatoms. The molecule has 0 saturated heterocycles. The van der Waals surface area contributed by atoms with E-state index < -0.39 is 0 Å². The van der Waals surface area contributed by atoms with Gasteiger partial charge in [0.15, 0.2) is 0 Å². The smallest absolute Gasteiger partial charge is 0.338 e. The van der Waals surface area contributed by atoms with Gasteiger partial charge < -0.3 is 4.74 Å². The molecule has 4 aliphatic carbocycles. The van der Waals surface area contributed by atoms with Crippen molar-refractivity contribution in [2.24, 2.45) is 23.2 Å². The van der Waals surface area contributed by atoms with Gasteiger partial charge in [0.25, 0.3) is 0 Å². The molecule has 0 amide bonds. The zero-order chi connectivity index (χ0) is 15.9. The summed E-state index contributed by atoms with van der Waals surface area (Å²) in [5.41, 5.74) is 1.56. The van der Waals surface area contributed by atoms with E-state index >= 15 is 0 Å². The first kappa shape index (κ1) is 14.8. The Bertz CT molecular complexity index is 605. The van der Waals surface area contributed by atoms with Crippen LogP contribution in [0.25, 0.3) is 0 Å². The largest absolute Gasteiger partial charge is 0.462 e. The van der Waals surface area contributed by atoms with Gasteiger partial charge in [0.1, 0.15) is 0 Å². The number of hydrogen-bond donors (Lipinski definition) is 0. The quantitative estimate of drug-likeness (QED) is 0.778. The highest BCUT2D eigenvalue weighted by Gasteiger charge is 2.50. The third kappa shape index (κ3) is 2.87. The van der Waals surface area contributed by atoms with Gasteiger partial charge in [0, 0.05) is 0 Å². The molecule has 4 fully saturated rings. The second kappa shape index (κ2) is 5.67. The predicted molar refractivity (Wildman–Crippen MR) is 86.7 cm³/mol. The summed E-state index contributed by atoms with van der Waals surface area (Å²) in [7, 11) is 0. The minimum atomic E-state index is -0.265. The molecule has 4 aliphatic rings. The topological polar surface area (TPSA) is 50.1 Å². The molecule has 4 saturated carbocycles. The van der Waals surface area contributed by atoms with Crippen LogP contribution in [0.15, 0.2) is 24.3 Å². The van der Waals surface area contributed by atoms with Crippen LogP contribution >= 0.6 is 0 Å². The molecule has 120 valence electrons. The molecule has 5 rings (SSSR count). The highest BCUT2D eigenvalue weighted by molar-refractivity contribution is 5.89. The summed E-state index contributed by atoms with van der Waals surface area (Å²) >= 11 is 0. The van der Waals surface area contributed by atoms with Crippen molar-refractivity contribution in [3.05, 3.63) is 35.4 Å². The molecule has 23 heavy (non-hydrogen) atoms. The first-order valence-electron chi connectivity index (χ1n) is 8.83. The van der Waals surface area contributed by atoms with Gasteiger partial charge >= 0.3 is 5.97 Å². The standard InChI is InChI=1S/C20H23NO2/c21-13-14-1-3-18(4-2-14)19(22)23-6-5-20-10-15-7-16(11-20)9-17(8-15)12-20/h1-4,15-17H,5-12H2. The Hall–Kier alpha value is -1.82. The van der Waals surface area contributed by atoms with Crippen molar-refractivity contribution in [1.29, 1.82) is 5.26 Å². The number of rotatable bonds is 4. The van der Waals surface area contributed by atoms with Crippen LogP contribution in [-0.2, 0) is 4.74 Å². The minimum absolute atomic E-state index is 0.265. The predicted octanol–water partition coefficient (Wildman–Crippen LogP) is 4.32. The van der Waals surface area contributed by atoms with E-state index in [2.05, 4.69) is 6.07 Å². The van der Waals surface area contributed by atoms with E-state index in [0.717, 1.165) is 24.2 Å². The Morgan fingerprint density at radius 2 is 1.65 bits per heavy atom. The van der Waals surface area contributed by atoms with E-state index in [1.54, 1.807) is 24.3 Å². The minimum Gasteiger partial charge on any atom is -0.462 e. The number of carbonyl (C=O) groups is 1. The SMILES string of the molecule is N#Cc1ccc(C(=O)OCCC23CC4CC(CC(C4)C2)C3)cc1. The summed E-state index contributed by atoms with van der Waals surface area (Å²) in [6.45, 7) is 0.533. The van der Waals surface area contributed by atoms with E-state index in [1.807, 2.05) is 0 Å². The fraction of sp³-hybridized carbons (Fsp3) is 0.600. The van der Waals surface area contributed by atoms with Gasteiger partial charge in [-0.2, -0.15) is 5.26 Å². The molecule has 0 aromatic heterocycles. The molecule has 0 radical (unpaired) electrons. The number of nitriles is 1. The Balaban J connectivity index is 1.33. The zero-order valence-electron chi connectivity index (χ0n) is 13.5. The summed E-state index contributed by atoms with van der Waals surface area (Å²) in [5, 5.41) is 8.79. The second-order valence-electron chi connectivity index (χ2n) is 7.99. The molecule has 0 atom stereocenters. The van der Waals surface area contributed by atoms with Gasteiger partial charge in [-0.15, -0.1) is 0 Å². The molecule has 0 unspecified atom stereocenters. The Morgan fingerprint density at radius 1 is 1.09 bits per heavy atom. The lowest BCUT2D eigenvalue weighted by Gasteiger charge is -2.57. The number of esters is 1. The van der Waals surface area contributed by atoms with E-state index in [4.69, 9.17) is 10.00 Å². The third-order valence-electron chi connectivity index (χ3n) is 6.28. The molecule has 0 heterocycles. The average Bonchev–Trinajstić information content (AvgIpc) is 2.53. The summed E-state index contributed by atoms with van der Waals surface area (Å²) in [6, 6.07) is 8.73. The monoisotopic (exact) mass is 309 g/mol. The van der Waals surface area contributed by atoms with Crippen molar-refractivity contribution >= 4 is 5.97 Å². The lowest BCUT2D eigenvalue weighted by molar-refractivity contribution is -0.0653. The molecule has 0 N–H and O–H groups in total. The fourth-order valence-electron chi connectivity index (χ4n) is 5.72.